The van der Waals surface area contributed by atoms with E-state index in [9.17, 15) is 5.11 Å². The zero-order valence-electron chi connectivity index (χ0n) is 22.2. The largest absolute Gasteiger partial charge is 0.461 e. The van der Waals surface area contributed by atoms with Gasteiger partial charge in [-0.15, -0.1) is 0 Å². The summed E-state index contributed by atoms with van der Waals surface area (Å²) >= 11 is 0. The summed E-state index contributed by atoms with van der Waals surface area (Å²) in [6.07, 6.45) is 7.59. The van der Waals surface area contributed by atoms with Crippen LogP contribution in [0.1, 0.15) is 62.1 Å². The number of hydrogen-bond acceptors (Lipinski definition) is 10. The Kier molecular flexibility index (Phi) is 7.06. The summed E-state index contributed by atoms with van der Waals surface area (Å²) in [5, 5.41) is 20.2. The van der Waals surface area contributed by atoms with Crippen LogP contribution < -0.4 is 9.64 Å². The molecule has 3 aromatic heterocycles. The van der Waals surface area contributed by atoms with E-state index in [1.54, 1.807) is 6.20 Å². The summed E-state index contributed by atoms with van der Waals surface area (Å²) < 4.78 is 17.8. The number of piperidine rings is 1. The van der Waals surface area contributed by atoms with Gasteiger partial charge in [-0.05, 0) is 56.6 Å². The molecule has 1 aliphatic carbocycles. The number of rotatable bonds is 8. The number of anilines is 1. The lowest BCUT2D eigenvalue weighted by molar-refractivity contribution is -0.103. The molecule has 208 valence electrons. The molecule has 3 saturated heterocycles. The second-order valence-electron chi connectivity index (χ2n) is 11.3. The third-order valence-corrected chi connectivity index (χ3v) is 8.59. The Morgan fingerprint density at radius 1 is 1.08 bits per heavy atom. The van der Waals surface area contributed by atoms with Crippen LogP contribution in [0.25, 0.3) is 11.0 Å². The highest BCUT2D eigenvalue weighted by molar-refractivity contribution is 5.78. The number of nitrogens with zero attached hydrogens (tertiary/aromatic N) is 6. The van der Waals surface area contributed by atoms with Crippen molar-refractivity contribution in [2.45, 2.75) is 62.9 Å². The van der Waals surface area contributed by atoms with Crippen molar-refractivity contribution >= 4 is 16.9 Å². The summed E-state index contributed by atoms with van der Waals surface area (Å²) in [7, 11) is 0. The molecule has 7 rings (SSSR count). The summed E-state index contributed by atoms with van der Waals surface area (Å²) in [5.41, 5.74) is 2.50. The van der Waals surface area contributed by atoms with Crippen molar-refractivity contribution < 1.29 is 19.3 Å². The lowest BCUT2D eigenvalue weighted by atomic mass is 9.92. The molecule has 2 N–H and O–H groups in total. The van der Waals surface area contributed by atoms with E-state index < -0.39 is 6.23 Å². The van der Waals surface area contributed by atoms with Gasteiger partial charge >= 0.3 is 6.01 Å². The van der Waals surface area contributed by atoms with E-state index in [1.165, 1.54) is 12.8 Å². The third kappa shape index (κ3) is 5.45. The smallest absolute Gasteiger partial charge is 0.318 e. The van der Waals surface area contributed by atoms with Crippen molar-refractivity contribution in [3.05, 3.63) is 35.8 Å². The first-order valence-corrected chi connectivity index (χ1v) is 14.4. The predicted molar refractivity (Wildman–Crippen MR) is 144 cm³/mol. The van der Waals surface area contributed by atoms with Crippen LogP contribution in [0.3, 0.4) is 0 Å². The minimum absolute atomic E-state index is 0.0677. The summed E-state index contributed by atoms with van der Waals surface area (Å²) in [5.74, 6) is 1.77. The minimum atomic E-state index is -0.831. The minimum Gasteiger partial charge on any atom is -0.461 e. The van der Waals surface area contributed by atoms with E-state index >= 15 is 0 Å². The molecule has 3 atom stereocenters. The van der Waals surface area contributed by atoms with Gasteiger partial charge in [0.25, 0.3) is 0 Å². The first kappa shape index (κ1) is 25.1. The van der Waals surface area contributed by atoms with Crippen LogP contribution in [0.2, 0.25) is 0 Å². The first-order valence-electron chi connectivity index (χ1n) is 14.4. The van der Waals surface area contributed by atoms with Crippen LogP contribution in [-0.4, -0.2) is 93.4 Å². The van der Waals surface area contributed by atoms with Crippen LogP contribution >= 0.6 is 0 Å². The normalized spacial score (nSPS) is 25.8. The molecule has 0 aromatic carbocycles. The Balaban J connectivity index is 1.09. The maximum atomic E-state index is 11.4. The van der Waals surface area contributed by atoms with Gasteiger partial charge in [0.05, 0.1) is 30.2 Å². The number of aliphatic hydroxyl groups excluding tert-OH is 1. The second-order valence-corrected chi connectivity index (χ2v) is 11.3. The van der Waals surface area contributed by atoms with Crippen LogP contribution in [0, 0.1) is 5.92 Å². The molecule has 0 radical (unpaired) electrons. The van der Waals surface area contributed by atoms with Gasteiger partial charge in [0, 0.05) is 56.4 Å². The zero-order chi connectivity index (χ0) is 26.2. The Morgan fingerprint density at radius 3 is 2.79 bits per heavy atom. The van der Waals surface area contributed by atoms with Gasteiger partial charge in [-0.1, -0.05) is 0 Å². The molecule has 3 aromatic rings. The average Bonchev–Trinajstić information content (AvgIpc) is 3.54. The highest BCUT2D eigenvalue weighted by Crippen LogP contribution is 2.37. The molecule has 0 spiro atoms. The SMILES string of the molecule is OC(c1cc(N2CCC(c3n[nH]c4ncccc34)CC2)nc(OC[C@H]2CCCO2)n1)N1CCOC(C2CC2)C1. The van der Waals surface area contributed by atoms with Crippen molar-refractivity contribution in [1.29, 1.82) is 0 Å². The second kappa shape index (κ2) is 11.0. The molecule has 6 heterocycles. The molecule has 11 heteroatoms. The molecule has 0 bridgehead atoms. The topological polar surface area (TPSA) is 122 Å². The van der Waals surface area contributed by atoms with Crippen molar-refractivity contribution in [3.63, 3.8) is 0 Å². The summed E-state index contributed by atoms with van der Waals surface area (Å²) in [6.45, 7) is 4.87. The van der Waals surface area contributed by atoms with Crippen molar-refractivity contribution in [2.24, 2.45) is 5.92 Å². The monoisotopic (exact) mass is 535 g/mol. The van der Waals surface area contributed by atoms with Crippen LogP contribution in [-0.2, 0) is 9.47 Å². The molecular formula is C28H37N7O4. The zero-order valence-corrected chi connectivity index (χ0v) is 22.2. The molecule has 1 saturated carbocycles. The molecule has 3 aliphatic heterocycles. The van der Waals surface area contributed by atoms with Crippen molar-refractivity contribution in [1.82, 2.24) is 30.0 Å². The Labute approximate surface area is 227 Å². The molecule has 4 fully saturated rings. The third-order valence-electron chi connectivity index (χ3n) is 8.59. The predicted octanol–water partition coefficient (Wildman–Crippen LogP) is 2.79. The van der Waals surface area contributed by atoms with Gasteiger partial charge in [0.1, 0.15) is 12.4 Å². The number of ether oxygens (including phenoxy) is 3. The molecule has 39 heavy (non-hydrogen) atoms. The molecule has 0 amide bonds. The maximum Gasteiger partial charge on any atom is 0.318 e. The Hall–Kier alpha value is -2.86. The van der Waals surface area contributed by atoms with Gasteiger partial charge in [-0.2, -0.15) is 15.1 Å². The van der Waals surface area contributed by atoms with Gasteiger partial charge < -0.3 is 24.2 Å². The van der Waals surface area contributed by atoms with E-state index in [4.69, 9.17) is 19.2 Å². The average molecular weight is 536 g/mol. The fraction of sp³-hybridized carbons (Fsp3) is 0.643. The van der Waals surface area contributed by atoms with Gasteiger partial charge in [0.15, 0.2) is 11.9 Å². The van der Waals surface area contributed by atoms with Crippen LogP contribution in [0.15, 0.2) is 24.4 Å². The number of aromatic amines is 1. The molecule has 2 unspecified atom stereocenters. The fourth-order valence-corrected chi connectivity index (χ4v) is 6.16. The Morgan fingerprint density at radius 2 is 1.97 bits per heavy atom. The number of aromatic nitrogens is 5. The van der Waals surface area contributed by atoms with Gasteiger partial charge in [-0.25, -0.2) is 4.98 Å². The van der Waals surface area contributed by atoms with E-state index in [2.05, 4.69) is 36.0 Å². The highest BCUT2D eigenvalue weighted by Gasteiger charge is 2.37. The molecule has 4 aliphatic rings. The summed E-state index contributed by atoms with van der Waals surface area (Å²) in [6, 6.07) is 6.28. The van der Waals surface area contributed by atoms with E-state index in [0.29, 0.717) is 43.3 Å². The number of H-pyrrole nitrogens is 1. The number of fused-ring (bicyclic) bond motifs is 1. The number of pyridine rings is 1. The van der Waals surface area contributed by atoms with E-state index in [1.807, 2.05) is 12.1 Å². The van der Waals surface area contributed by atoms with Gasteiger partial charge in [0.2, 0.25) is 0 Å². The quantitative estimate of drug-likeness (QED) is 0.445. The highest BCUT2D eigenvalue weighted by atomic mass is 16.5. The number of hydrogen-bond donors (Lipinski definition) is 2. The fourth-order valence-electron chi connectivity index (χ4n) is 6.16. The molecular weight excluding hydrogens is 498 g/mol. The first-order chi connectivity index (χ1) is 19.2. The lowest BCUT2D eigenvalue weighted by Gasteiger charge is -2.36. The number of nitrogens with one attached hydrogen (secondary N) is 1. The maximum absolute atomic E-state index is 11.4. The standard InChI is InChI=1S/C28H37N7O4/c36-27(35-12-14-38-23(16-35)18-5-6-18)22-15-24(31-28(30-22)39-17-20-3-2-13-37-20)34-10-7-19(8-11-34)25-21-4-1-9-29-26(21)33-32-25/h1,4,9,15,18-20,23,27,36H,2-3,5-8,10-14,16-17H2,(H,29,32,33)/t20-,23?,27?/m1/s1. The number of morpholine rings is 1. The van der Waals surface area contributed by atoms with Crippen molar-refractivity contribution in [3.8, 4) is 6.01 Å². The Bertz CT molecular complexity index is 1270. The van der Waals surface area contributed by atoms with E-state index in [-0.39, 0.29) is 12.2 Å². The van der Waals surface area contributed by atoms with Crippen molar-refractivity contribution in [2.75, 3.05) is 50.9 Å². The summed E-state index contributed by atoms with van der Waals surface area (Å²) in [4.78, 5) is 18.2. The molecule has 11 nitrogen and oxygen atoms in total. The lowest BCUT2D eigenvalue weighted by Crippen LogP contribution is -2.45. The van der Waals surface area contributed by atoms with Crippen LogP contribution in [0.5, 0.6) is 6.01 Å². The number of aliphatic hydroxyl groups is 1. The van der Waals surface area contributed by atoms with Crippen LogP contribution in [0.4, 0.5) is 5.82 Å². The van der Waals surface area contributed by atoms with E-state index in [0.717, 1.165) is 74.5 Å². The van der Waals surface area contributed by atoms with Gasteiger partial charge in [-0.3, -0.25) is 10.00 Å².